The molecule has 0 aliphatic carbocycles. The number of rotatable bonds is 9. The molecule has 176 valence electrons. The molecule has 0 bridgehead atoms. The predicted octanol–water partition coefficient (Wildman–Crippen LogP) is 7.81. The number of nitrogens with zero attached hydrogens (tertiary/aromatic N) is 2. The van der Waals surface area contributed by atoms with Crippen LogP contribution in [-0.4, -0.2) is 16.2 Å². The molecule has 0 fully saturated rings. The summed E-state index contributed by atoms with van der Waals surface area (Å²) in [6, 6.07) is 38.3. The Bertz CT molecular complexity index is 1320. The highest BCUT2D eigenvalue weighted by Gasteiger charge is 2.23. The number of aryl methyl sites for hydroxylation is 1. The summed E-state index contributed by atoms with van der Waals surface area (Å²) in [4.78, 5) is 5.15. The molecular formula is C32H32N2O. The molecule has 1 aromatic heterocycles. The van der Waals surface area contributed by atoms with Gasteiger partial charge in [-0.25, -0.2) is 4.98 Å². The standard InChI is InChI=1S/C32H32N2O/c1-24(2)25-18-20-28(21-19-25)35-23-11-22-34-30-17-10-9-16-29(30)33-32(34)31(26-12-5-3-6-13-26)27-14-7-4-8-15-27/h3-10,12-21,24,31H,11,22-23H2,1-2H3. The van der Waals surface area contributed by atoms with E-state index >= 15 is 0 Å². The molecule has 5 aromatic rings. The van der Waals surface area contributed by atoms with Gasteiger partial charge in [0, 0.05) is 6.54 Å². The van der Waals surface area contributed by atoms with Crippen LogP contribution in [0, 0.1) is 0 Å². The summed E-state index contributed by atoms with van der Waals surface area (Å²) in [6.07, 6.45) is 0.898. The van der Waals surface area contributed by atoms with E-state index in [1.54, 1.807) is 0 Å². The van der Waals surface area contributed by atoms with Gasteiger partial charge in [0.2, 0.25) is 0 Å². The van der Waals surface area contributed by atoms with E-state index in [1.165, 1.54) is 22.2 Å². The molecule has 0 radical (unpaired) electrons. The summed E-state index contributed by atoms with van der Waals surface area (Å²) in [5, 5.41) is 0. The lowest BCUT2D eigenvalue weighted by molar-refractivity contribution is 0.301. The number of imidazole rings is 1. The molecule has 3 heteroatoms. The second-order valence-corrected chi connectivity index (χ2v) is 9.29. The average molecular weight is 461 g/mol. The fourth-order valence-electron chi connectivity index (χ4n) is 4.69. The number of fused-ring (bicyclic) bond motifs is 1. The molecule has 35 heavy (non-hydrogen) atoms. The number of ether oxygens (including phenoxy) is 1. The number of benzene rings is 4. The second-order valence-electron chi connectivity index (χ2n) is 9.29. The van der Waals surface area contributed by atoms with Crippen molar-refractivity contribution >= 4 is 11.0 Å². The average Bonchev–Trinajstić information content (AvgIpc) is 3.26. The third-order valence-corrected chi connectivity index (χ3v) is 6.55. The van der Waals surface area contributed by atoms with E-state index in [0.717, 1.165) is 30.1 Å². The molecule has 1 heterocycles. The van der Waals surface area contributed by atoms with Gasteiger partial charge in [-0.3, -0.25) is 0 Å². The van der Waals surface area contributed by atoms with Crippen LogP contribution in [0.1, 0.15) is 54.6 Å². The fraction of sp³-hybridized carbons (Fsp3) is 0.219. The van der Waals surface area contributed by atoms with Gasteiger partial charge in [-0.2, -0.15) is 0 Å². The van der Waals surface area contributed by atoms with Crippen LogP contribution < -0.4 is 4.74 Å². The van der Waals surface area contributed by atoms with Crippen molar-refractivity contribution in [1.29, 1.82) is 0 Å². The summed E-state index contributed by atoms with van der Waals surface area (Å²) < 4.78 is 8.47. The molecule has 0 amide bonds. The minimum atomic E-state index is 0.0642. The van der Waals surface area contributed by atoms with Crippen molar-refractivity contribution in [2.24, 2.45) is 0 Å². The van der Waals surface area contributed by atoms with Crippen LogP contribution >= 0.6 is 0 Å². The third kappa shape index (κ3) is 5.14. The third-order valence-electron chi connectivity index (χ3n) is 6.55. The lowest BCUT2D eigenvalue weighted by atomic mass is 9.90. The monoisotopic (exact) mass is 460 g/mol. The lowest BCUT2D eigenvalue weighted by Gasteiger charge is -2.20. The zero-order valence-corrected chi connectivity index (χ0v) is 20.5. The maximum absolute atomic E-state index is 6.09. The first-order chi connectivity index (χ1) is 17.2. The van der Waals surface area contributed by atoms with E-state index in [4.69, 9.17) is 9.72 Å². The highest BCUT2D eigenvalue weighted by Crippen LogP contribution is 2.33. The van der Waals surface area contributed by atoms with Gasteiger partial charge in [0.1, 0.15) is 11.6 Å². The van der Waals surface area contributed by atoms with Gasteiger partial charge in [0.25, 0.3) is 0 Å². The maximum atomic E-state index is 6.09. The Morgan fingerprint density at radius 1 is 0.686 bits per heavy atom. The Hall–Kier alpha value is -3.85. The predicted molar refractivity (Wildman–Crippen MR) is 144 cm³/mol. The molecule has 0 saturated heterocycles. The fourth-order valence-corrected chi connectivity index (χ4v) is 4.69. The summed E-state index contributed by atoms with van der Waals surface area (Å²) in [7, 11) is 0. The van der Waals surface area contributed by atoms with Crippen molar-refractivity contribution in [3.63, 3.8) is 0 Å². The number of hydrogen-bond acceptors (Lipinski definition) is 2. The minimum absolute atomic E-state index is 0.0642. The maximum Gasteiger partial charge on any atom is 0.121 e. The number of aromatic nitrogens is 2. The normalized spacial score (nSPS) is 11.4. The first kappa shape index (κ1) is 22.9. The highest BCUT2D eigenvalue weighted by atomic mass is 16.5. The van der Waals surface area contributed by atoms with Crippen molar-refractivity contribution in [3.8, 4) is 5.75 Å². The second kappa shape index (κ2) is 10.6. The Labute approximate surface area is 208 Å². The van der Waals surface area contributed by atoms with Crippen LogP contribution in [-0.2, 0) is 6.54 Å². The van der Waals surface area contributed by atoms with Gasteiger partial charge >= 0.3 is 0 Å². The molecular weight excluding hydrogens is 428 g/mol. The van der Waals surface area contributed by atoms with Crippen LogP contribution in [0.4, 0.5) is 0 Å². The molecule has 0 aliphatic rings. The van der Waals surface area contributed by atoms with Gasteiger partial charge in [0.15, 0.2) is 0 Å². The van der Waals surface area contributed by atoms with Crippen LogP contribution in [0.2, 0.25) is 0 Å². The minimum Gasteiger partial charge on any atom is -0.494 e. The van der Waals surface area contributed by atoms with E-state index < -0.39 is 0 Å². The summed E-state index contributed by atoms with van der Waals surface area (Å²) >= 11 is 0. The van der Waals surface area contributed by atoms with Gasteiger partial charge in [-0.05, 0) is 53.3 Å². The molecule has 0 aliphatic heterocycles. The van der Waals surface area contributed by atoms with E-state index in [1.807, 2.05) is 0 Å². The van der Waals surface area contributed by atoms with Gasteiger partial charge in [-0.15, -0.1) is 0 Å². The Morgan fingerprint density at radius 2 is 1.29 bits per heavy atom. The van der Waals surface area contributed by atoms with Crippen LogP contribution in [0.3, 0.4) is 0 Å². The van der Waals surface area contributed by atoms with Gasteiger partial charge in [-0.1, -0.05) is 98.8 Å². The molecule has 3 nitrogen and oxygen atoms in total. The molecule has 0 N–H and O–H groups in total. The lowest BCUT2D eigenvalue weighted by Crippen LogP contribution is -2.13. The molecule has 0 spiro atoms. The molecule has 5 rings (SSSR count). The molecule has 4 aromatic carbocycles. The van der Waals surface area contributed by atoms with Crippen molar-refractivity contribution in [1.82, 2.24) is 9.55 Å². The van der Waals surface area contributed by atoms with Crippen molar-refractivity contribution < 1.29 is 4.74 Å². The Morgan fingerprint density at radius 3 is 1.91 bits per heavy atom. The molecule has 0 unspecified atom stereocenters. The summed E-state index contributed by atoms with van der Waals surface area (Å²) in [5.74, 6) is 2.59. The van der Waals surface area contributed by atoms with Crippen molar-refractivity contribution in [2.75, 3.05) is 6.61 Å². The smallest absolute Gasteiger partial charge is 0.121 e. The highest BCUT2D eigenvalue weighted by molar-refractivity contribution is 5.76. The summed E-state index contributed by atoms with van der Waals surface area (Å²) in [6.45, 7) is 5.92. The number of hydrogen-bond donors (Lipinski definition) is 0. The van der Waals surface area contributed by atoms with E-state index in [2.05, 4.69) is 128 Å². The van der Waals surface area contributed by atoms with Gasteiger partial charge < -0.3 is 9.30 Å². The van der Waals surface area contributed by atoms with Crippen molar-refractivity contribution in [2.45, 2.75) is 38.6 Å². The molecule has 0 atom stereocenters. The SMILES string of the molecule is CC(C)c1ccc(OCCCn2c(C(c3ccccc3)c3ccccc3)nc3ccccc32)cc1. The van der Waals surface area contributed by atoms with Crippen LogP contribution in [0.15, 0.2) is 109 Å². The Balaban J connectivity index is 1.42. The van der Waals surface area contributed by atoms with E-state index in [-0.39, 0.29) is 5.92 Å². The van der Waals surface area contributed by atoms with E-state index in [0.29, 0.717) is 12.5 Å². The topological polar surface area (TPSA) is 27.1 Å². The number of para-hydroxylation sites is 2. The van der Waals surface area contributed by atoms with Crippen LogP contribution in [0.5, 0.6) is 5.75 Å². The first-order valence-electron chi connectivity index (χ1n) is 12.5. The van der Waals surface area contributed by atoms with E-state index in [9.17, 15) is 0 Å². The van der Waals surface area contributed by atoms with Crippen molar-refractivity contribution in [3.05, 3.63) is 132 Å². The molecule has 0 saturated carbocycles. The zero-order chi connectivity index (χ0) is 24.0. The van der Waals surface area contributed by atoms with Crippen LogP contribution in [0.25, 0.3) is 11.0 Å². The Kier molecular flexibility index (Phi) is 6.94. The largest absolute Gasteiger partial charge is 0.494 e. The first-order valence-corrected chi connectivity index (χ1v) is 12.5. The zero-order valence-electron chi connectivity index (χ0n) is 20.5. The van der Waals surface area contributed by atoms with Gasteiger partial charge in [0.05, 0.1) is 23.6 Å². The summed E-state index contributed by atoms with van der Waals surface area (Å²) in [5.41, 5.74) is 6.03. The quantitative estimate of drug-likeness (QED) is 0.210.